The molecule has 140 valence electrons. The van der Waals surface area contributed by atoms with Gasteiger partial charge in [0.1, 0.15) is 5.75 Å². The lowest BCUT2D eigenvalue weighted by Gasteiger charge is -2.35. The zero-order valence-corrected chi connectivity index (χ0v) is 15.7. The standard InChI is InChI=1S/C19H28N2O3.ClH/c1-2-24-17-7-3-15(4-8-17)13-19(23)21-11-9-20(10-12-21)14-18(22)16-5-6-16;/h3-4,7-8,16,18,22H,2,5-6,9-14H2,1H3;1H. The van der Waals surface area contributed by atoms with Gasteiger partial charge in [0.15, 0.2) is 0 Å². The van der Waals surface area contributed by atoms with Gasteiger partial charge in [0, 0.05) is 32.7 Å². The number of hydrogen-bond acceptors (Lipinski definition) is 4. The summed E-state index contributed by atoms with van der Waals surface area (Å²) in [6, 6.07) is 7.77. The van der Waals surface area contributed by atoms with E-state index in [1.54, 1.807) is 0 Å². The van der Waals surface area contributed by atoms with Gasteiger partial charge < -0.3 is 14.7 Å². The van der Waals surface area contributed by atoms with E-state index in [9.17, 15) is 9.90 Å². The lowest BCUT2D eigenvalue weighted by molar-refractivity contribution is -0.132. The summed E-state index contributed by atoms with van der Waals surface area (Å²) in [6.07, 6.45) is 2.59. The molecule has 3 rings (SSSR count). The van der Waals surface area contributed by atoms with Crippen LogP contribution in [0.3, 0.4) is 0 Å². The zero-order chi connectivity index (χ0) is 16.9. The maximum atomic E-state index is 12.5. The van der Waals surface area contributed by atoms with Crippen molar-refractivity contribution in [2.24, 2.45) is 5.92 Å². The van der Waals surface area contributed by atoms with Gasteiger partial charge in [-0.25, -0.2) is 0 Å². The van der Waals surface area contributed by atoms with Crippen LogP contribution in [0.2, 0.25) is 0 Å². The van der Waals surface area contributed by atoms with E-state index in [1.807, 2.05) is 36.1 Å². The highest BCUT2D eigenvalue weighted by Gasteiger charge is 2.32. The van der Waals surface area contributed by atoms with Crippen molar-refractivity contribution in [2.45, 2.75) is 32.3 Å². The summed E-state index contributed by atoms with van der Waals surface area (Å²) in [5.41, 5.74) is 1.02. The van der Waals surface area contributed by atoms with E-state index in [0.717, 1.165) is 44.0 Å². The van der Waals surface area contributed by atoms with Crippen molar-refractivity contribution in [3.63, 3.8) is 0 Å². The third-order valence-electron chi connectivity index (χ3n) is 4.93. The third kappa shape index (κ3) is 5.87. The molecule has 1 atom stereocenters. The number of halogens is 1. The molecule has 0 spiro atoms. The minimum Gasteiger partial charge on any atom is -0.494 e. The summed E-state index contributed by atoms with van der Waals surface area (Å²) >= 11 is 0. The number of carbonyl (C=O) groups excluding carboxylic acids is 1. The molecule has 2 fully saturated rings. The van der Waals surface area contributed by atoms with E-state index in [4.69, 9.17) is 4.74 Å². The van der Waals surface area contributed by atoms with Gasteiger partial charge in [-0.3, -0.25) is 9.69 Å². The van der Waals surface area contributed by atoms with E-state index in [1.165, 1.54) is 12.8 Å². The topological polar surface area (TPSA) is 53.0 Å². The maximum Gasteiger partial charge on any atom is 0.227 e. The molecule has 25 heavy (non-hydrogen) atoms. The molecule has 1 aliphatic carbocycles. The highest BCUT2D eigenvalue weighted by Crippen LogP contribution is 2.32. The van der Waals surface area contributed by atoms with Crippen LogP contribution < -0.4 is 4.74 Å². The monoisotopic (exact) mass is 368 g/mol. The number of piperazine rings is 1. The van der Waals surface area contributed by atoms with Crippen molar-refractivity contribution < 1.29 is 14.6 Å². The van der Waals surface area contributed by atoms with E-state index in [2.05, 4.69) is 4.90 Å². The largest absolute Gasteiger partial charge is 0.494 e. The number of amides is 1. The van der Waals surface area contributed by atoms with Gasteiger partial charge in [0.05, 0.1) is 19.1 Å². The van der Waals surface area contributed by atoms with Gasteiger partial charge in [-0.2, -0.15) is 0 Å². The van der Waals surface area contributed by atoms with Crippen LogP contribution in [-0.2, 0) is 11.2 Å². The van der Waals surface area contributed by atoms with Crippen molar-refractivity contribution in [1.29, 1.82) is 0 Å². The molecule has 0 aromatic heterocycles. The Morgan fingerprint density at radius 1 is 1.20 bits per heavy atom. The molecule has 1 heterocycles. The number of β-amino-alcohol motifs (C(OH)–C–C–N with tert-alkyl or cyclic N) is 1. The van der Waals surface area contributed by atoms with Crippen molar-refractivity contribution in [3.8, 4) is 5.75 Å². The fourth-order valence-corrected chi connectivity index (χ4v) is 3.23. The van der Waals surface area contributed by atoms with E-state index >= 15 is 0 Å². The fraction of sp³-hybridized carbons (Fsp3) is 0.632. The number of nitrogens with zero attached hydrogens (tertiary/aromatic N) is 2. The summed E-state index contributed by atoms with van der Waals surface area (Å²) in [7, 11) is 0. The van der Waals surface area contributed by atoms with Gasteiger partial charge in [-0.15, -0.1) is 12.4 Å². The van der Waals surface area contributed by atoms with Crippen molar-refractivity contribution in [3.05, 3.63) is 29.8 Å². The van der Waals surface area contributed by atoms with Crippen LogP contribution in [0.25, 0.3) is 0 Å². The summed E-state index contributed by atoms with van der Waals surface area (Å²) in [4.78, 5) is 16.7. The minimum atomic E-state index is -0.184. The van der Waals surface area contributed by atoms with Crippen LogP contribution in [0.4, 0.5) is 0 Å². The Morgan fingerprint density at radius 2 is 1.84 bits per heavy atom. The average Bonchev–Trinajstić information content (AvgIpc) is 3.42. The Balaban J connectivity index is 0.00000225. The molecule has 0 bridgehead atoms. The van der Waals surface area contributed by atoms with Crippen LogP contribution >= 0.6 is 12.4 Å². The van der Waals surface area contributed by atoms with Gasteiger partial charge in [0.25, 0.3) is 0 Å². The van der Waals surface area contributed by atoms with Crippen LogP contribution in [0.5, 0.6) is 5.75 Å². The van der Waals surface area contributed by atoms with Gasteiger partial charge in [0.2, 0.25) is 5.91 Å². The molecule has 1 N–H and O–H groups in total. The average molecular weight is 369 g/mol. The van der Waals surface area contributed by atoms with Gasteiger partial charge in [-0.05, 0) is 43.4 Å². The number of benzene rings is 1. The molecule has 2 aliphatic rings. The molecular weight excluding hydrogens is 340 g/mol. The van der Waals surface area contributed by atoms with Crippen molar-refractivity contribution in [1.82, 2.24) is 9.80 Å². The molecule has 1 aromatic carbocycles. The Morgan fingerprint density at radius 3 is 2.40 bits per heavy atom. The highest BCUT2D eigenvalue weighted by atomic mass is 35.5. The lowest BCUT2D eigenvalue weighted by Crippen LogP contribution is -2.51. The number of ether oxygens (including phenoxy) is 1. The molecule has 1 aromatic rings. The molecule has 1 amide bonds. The fourth-order valence-electron chi connectivity index (χ4n) is 3.23. The first-order valence-electron chi connectivity index (χ1n) is 9.05. The molecule has 1 saturated heterocycles. The number of carbonyl (C=O) groups is 1. The molecule has 1 saturated carbocycles. The Hall–Kier alpha value is -1.30. The number of rotatable bonds is 7. The lowest BCUT2D eigenvalue weighted by atomic mass is 10.1. The van der Waals surface area contributed by atoms with Crippen molar-refractivity contribution in [2.75, 3.05) is 39.3 Å². The zero-order valence-electron chi connectivity index (χ0n) is 14.9. The quantitative estimate of drug-likeness (QED) is 0.799. The molecular formula is C19H29ClN2O3. The molecule has 1 unspecified atom stereocenters. The number of aliphatic hydroxyl groups is 1. The summed E-state index contributed by atoms with van der Waals surface area (Å²) in [6.45, 7) is 6.60. The van der Waals surface area contributed by atoms with Crippen molar-refractivity contribution >= 4 is 18.3 Å². The summed E-state index contributed by atoms with van der Waals surface area (Å²) in [5, 5.41) is 10.0. The highest BCUT2D eigenvalue weighted by molar-refractivity contribution is 5.85. The predicted molar refractivity (Wildman–Crippen MR) is 100 cm³/mol. The maximum absolute atomic E-state index is 12.5. The predicted octanol–water partition coefficient (Wildman–Crippen LogP) is 1.96. The second-order valence-electron chi connectivity index (χ2n) is 6.84. The van der Waals surface area contributed by atoms with Crippen LogP contribution in [0.1, 0.15) is 25.3 Å². The van der Waals surface area contributed by atoms with Gasteiger partial charge >= 0.3 is 0 Å². The molecule has 5 nitrogen and oxygen atoms in total. The first-order chi connectivity index (χ1) is 11.7. The van der Waals surface area contributed by atoms with Crippen LogP contribution in [0, 0.1) is 5.92 Å². The molecule has 6 heteroatoms. The minimum absolute atomic E-state index is 0. The summed E-state index contributed by atoms with van der Waals surface area (Å²) < 4.78 is 5.43. The first-order valence-corrected chi connectivity index (χ1v) is 9.05. The molecule has 0 radical (unpaired) electrons. The second-order valence-corrected chi connectivity index (χ2v) is 6.84. The number of hydrogen-bond donors (Lipinski definition) is 1. The Labute approximate surface area is 156 Å². The second kappa shape index (κ2) is 9.41. The van der Waals surface area contributed by atoms with E-state index in [0.29, 0.717) is 18.9 Å². The molecule has 1 aliphatic heterocycles. The SMILES string of the molecule is CCOc1ccc(CC(=O)N2CCN(CC(O)C3CC3)CC2)cc1.Cl. The smallest absolute Gasteiger partial charge is 0.227 e. The van der Waals surface area contributed by atoms with Crippen LogP contribution in [-0.4, -0.2) is 66.2 Å². The third-order valence-corrected chi connectivity index (χ3v) is 4.93. The summed E-state index contributed by atoms with van der Waals surface area (Å²) in [5.74, 6) is 1.54. The van der Waals surface area contributed by atoms with E-state index < -0.39 is 0 Å². The number of aliphatic hydroxyl groups excluding tert-OH is 1. The van der Waals surface area contributed by atoms with Crippen LogP contribution in [0.15, 0.2) is 24.3 Å². The first kappa shape index (κ1) is 20.0. The Bertz CT molecular complexity index is 540. The normalized spacial score (nSPS) is 19.2. The van der Waals surface area contributed by atoms with Gasteiger partial charge in [-0.1, -0.05) is 12.1 Å². The Kier molecular flexibility index (Phi) is 7.54. The van der Waals surface area contributed by atoms with E-state index in [-0.39, 0.29) is 24.4 Å².